The van der Waals surface area contributed by atoms with E-state index in [1.165, 1.54) is 32.0 Å². The van der Waals surface area contributed by atoms with Gasteiger partial charge in [-0.2, -0.15) is 5.10 Å². The zero-order valence-corrected chi connectivity index (χ0v) is 14.5. The minimum absolute atomic E-state index is 0.430. The lowest BCUT2D eigenvalue weighted by atomic mass is 10.0. The van der Waals surface area contributed by atoms with Crippen LogP contribution in [0.4, 0.5) is 0 Å². The molecular weight excluding hydrogens is 306 g/mol. The molecule has 24 heavy (non-hydrogen) atoms. The van der Waals surface area contributed by atoms with Crippen molar-refractivity contribution in [2.45, 2.75) is 26.8 Å². The van der Waals surface area contributed by atoms with Crippen molar-refractivity contribution in [2.75, 3.05) is 14.1 Å². The molecule has 1 atom stereocenters. The first-order valence-electron chi connectivity index (χ1n) is 7.61. The third kappa shape index (κ3) is 3.42. The van der Waals surface area contributed by atoms with Crippen LogP contribution in [0.2, 0.25) is 0 Å². The van der Waals surface area contributed by atoms with Crippen LogP contribution in [0.5, 0.6) is 0 Å². The van der Waals surface area contributed by atoms with Crippen LogP contribution in [-0.2, 0) is 9.59 Å². The highest BCUT2D eigenvalue weighted by atomic mass is 16.2. The largest absolute Gasteiger partial charge is 0.347 e. The van der Waals surface area contributed by atoms with Crippen LogP contribution in [0.1, 0.15) is 24.1 Å². The van der Waals surface area contributed by atoms with Gasteiger partial charge >= 0.3 is 0 Å². The smallest absolute Gasteiger partial charge is 0.267 e. The van der Waals surface area contributed by atoms with Gasteiger partial charge in [-0.25, -0.2) is 4.68 Å². The highest BCUT2D eigenvalue weighted by Crippen LogP contribution is 2.22. The fraction of sp³-hybridized carbons (Fsp3) is 0.333. The lowest BCUT2D eigenvalue weighted by molar-refractivity contribution is -0.138. The molecule has 6 heteroatoms. The van der Waals surface area contributed by atoms with Gasteiger partial charge in [-0.15, -0.1) is 0 Å². The predicted molar refractivity (Wildman–Crippen MR) is 91.8 cm³/mol. The zero-order chi connectivity index (χ0) is 18.0. The summed E-state index contributed by atoms with van der Waals surface area (Å²) in [6.45, 7) is 5.23. The van der Waals surface area contributed by atoms with Crippen molar-refractivity contribution in [3.8, 4) is 11.3 Å². The van der Waals surface area contributed by atoms with Gasteiger partial charge in [-0.1, -0.05) is 23.8 Å². The number of amides is 1. The van der Waals surface area contributed by atoms with Crippen molar-refractivity contribution < 1.29 is 9.59 Å². The maximum absolute atomic E-state index is 12.3. The number of rotatable bonds is 4. The summed E-state index contributed by atoms with van der Waals surface area (Å²) >= 11 is 0. The van der Waals surface area contributed by atoms with Crippen LogP contribution in [0, 0.1) is 13.8 Å². The minimum Gasteiger partial charge on any atom is -0.347 e. The van der Waals surface area contributed by atoms with Crippen LogP contribution in [0.3, 0.4) is 0 Å². The molecule has 0 unspecified atom stereocenters. The standard InChI is InChI=1S/C18H21N3O3/c1-11-6-7-14(12(2)10-11)15-8-9-16(23)21(19-15)17(13(3)22)18(24)20(4)5/h6-10,17H,1-5H3/t17-/m0/s1. The van der Waals surface area contributed by atoms with Crippen molar-refractivity contribution >= 4 is 11.7 Å². The Hall–Kier alpha value is -2.76. The molecule has 6 nitrogen and oxygen atoms in total. The van der Waals surface area contributed by atoms with Gasteiger partial charge in [0.25, 0.3) is 11.5 Å². The number of Topliss-reactive ketones (excluding diaryl/α,β-unsaturated/α-hetero) is 1. The van der Waals surface area contributed by atoms with E-state index in [2.05, 4.69) is 5.10 Å². The van der Waals surface area contributed by atoms with Gasteiger partial charge in [0.15, 0.2) is 11.8 Å². The summed E-state index contributed by atoms with van der Waals surface area (Å²) in [5.41, 5.74) is 3.04. The van der Waals surface area contributed by atoms with Gasteiger partial charge in [-0.05, 0) is 32.4 Å². The van der Waals surface area contributed by atoms with Crippen molar-refractivity contribution in [3.05, 3.63) is 51.8 Å². The normalized spacial score (nSPS) is 11.9. The number of ketones is 1. The molecule has 0 fully saturated rings. The fourth-order valence-electron chi connectivity index (χ4n) is 2.55. The molecular formula is C18H21N3O3. The first-order valence-corrected chi connectivity index (χ1v) is 7.61. The molecule has 126 valence electrons. The van der Waals surface area contributed by atoms with E-state index in [1.807, 2.05) is 32.0 Å². The van der Waals surface area contributed by atoms with Crippen molar-refractivity contribution in [2.24, 2.45) is 0 Å². The van der Waals surface area contributed by atoms with Crippen LogP contribution in [0.15, 0.2) is 35.1 Å². The molecule has 2 aromatic rings. The number of aryl methyl sites for hydroxylation is 2. The summed E-state index contributed by atoms with van der Waals surface area (Å²) in [6.07, 6.45) is 0. The van der Waals surface area contributed by atoms with Gasteiger partial charge in [0.05, 0.1) is 5.69 Å². The highest BCUT2D eigenvalue weighted by Gasteiger charge is 2.29. The molecule has 1 heterocycles. The van der Waals surface area contributed by atoms with Crippen LogP contribution in [-0.4, -0.2) is 40.5 Å². The van der Waals surface area contributed by atoms with Crippen LogP contribution in [0.25, 0.3) is 11.3 Å². The second kappa shape index (κ2) is 6.78. The van der Waals surface area contributed by atoms with Crippen molar-refractivity contribution in [1.82, 2.24) is 14.7 Å². The summed E-state index contributed by atoms with van der Waals surface area (Å²) < 4.78 is 0.972. The van der Waals surface area contributed by atoms with Crippen LogP contribution < -0.4 is 5.56 Å². The molecule has 0 aliphatic heterocycles. The molecule has 1 aromatic carbocycles. The third-order valence-electron chi connectivity index (χ3n) is 3.79. The Morgan fingerprint density at radius 3 is 2.33 bits per heavy atom. The molecule has 2 rings (SSSR count). The monoisotopic (exact) mass is 327 g/mol. The number of likely N-dealkylation sites (N-methyl/N-ethyl adjacent to an activating group) is 1. The van der Waals surface area contributed by atoms with E-state index in [0.29, 0.717) is 5.69 Å². The number of benzene rings is 1. The first-order chi connectivity index (χ1) is 11.2. The molecule has 0 spiro atoms. The molecule has 0 N–H and O–H groups in total. The Kier molecular flexibility index (Phi) is 4.97. The summed E-state index contributed by atoms with van der Waals surface area (Å²) in [5, 5.41) is 4.29. The van der Waals surface area contributed by atoms with Gasteiger partial charge < -0.3 is 4.90 Å². The summed E-state index contributed by atoms with van der Waals surface area (Å²) in [5.74, 6) is -0.907. The Bertz CT molecular complexity index is 853. The number of nitrogens with zero attached hydrogens (tertiary/aromatic N) is 3. The molecule has 0 aliphatic rings. The van der Waals surface area contributed by atoms with E-state index in [4.69, 9.17) is 0 Å². The van der Waals surface area contributed by atoms with E-state index in [-0.39, 0.29) is 0 Å². The Morgan fingerprint density at radius 1 is 1.12 bits per heavy atom. The van der Waals surface area contributed by atoms with E-state index >= 15 is 0 Å². The molecule has 1 aromatic heterocycles. The average Bonchev–Trinajstić information content (AvgIpc) is 2.49. The van der Waals surface area contributed by atoms with Crippen molar-refractivity contribution in [1.29, 1.82) is 0 Å². The highest BCUT2D eigenvalue weighted by molar-refractivity contribution is 6.02. The lowest BCUT2D eigenvalue weighted by Gasteiger charge is -2.20. The molecule has 0 saturated carbocycles. The zero-order valence-electron chi connectivity index (χ0n) is 14.5. The van der Waals surface area contributed by atoms with Gasteiger partial charge in [-0.3, -0.25) is 14.4 Å². The SMILES string of the molecule is CC(=O)[C@@H](C(=O)N(C)C)n1nc(-c2ccc(C)cc2C)ccc1=O. The fourth-order valence-corrected chi connectivity index (χ4v) is 2.55. The Balaban J connectivity index is 2.61. The maximum Gasteiger partial charge on any atom is 0.267 e. The molecule has 0 bridgehead atoms. The topological polar surface area (TPSA) is 72.3 Å². The molecule has 0 radical (unpaired) electrons. The number of carbonyl (C=O) groups is 2. The number of hydrogen-bond acceptors (Lipinski definition) is 4. The van der Waals surface area contributed by atoms with Gasteiger partial charge in [0.2, 0.25) is 0 Å². The van der Waals surface area contributed by atoms with E-state index < -0.39 is 23.3 Å². The van der Waals surface area contributed by atoms with E-state index in [0.717, 1.165) is 21.4 Å². The predicted octanol–water partition coefficient (Wildman–Crippen LogP) is 1.75. The molecule has 1 amide bonds. The van der Waals surface area contributed by atoms with Gasteiger partial charge in [0.1, 0.15) is 0 Å². The van der Waals surface area contributed by atoms with Crippen molar-refractivity contribution in [3.63, 3.8) is 0 Å². The minimum atomic E-state index is -1.25. The number of hydrogen-bond donors (Lipinski definition) is 0. The van der Waals surface area contributed by atoms with Gasteiger partial charge in [0, 0.05) is 25.7 Å². The lowest BCUT2D eigenvalue weighted by Crippen LogP contribution is -2.41. The summed E-state index contributed by atoms with van der Waals surface area (Å²) in [6, 6.07) is 7.57. The first kappa shape index (κ1) is 17.6. The third-order valence-corrected chi connectivity index (χ3v) is 3.79. The summed E-state index contributed by atoms with van der Waals surface area (Å²) in [4.78, 5) is 37.7. The Labute approximate surface area is 140 Å². The van der Waals surface area contributed by atoms with Crippen LogP contribution >= 0.6 is 0 Å². The van der Waals surface area contributed by atoms with E-state index in [1.54, 1.807) is 6.07 Å². The quantitative estimate of drug-likeness (QED) is 0.802. The summed E-state index contributed by atoms with van der Waals surface area (Å²) in [7, 11) is 3.08. The maximum atomic E-state index is 12.3. The Morgan fingerprint density at radius 2 is 1.79 bits per heavy atom. The average molecular weight is 327 g/mol. The number of carbonyl (C=O) groups excluding carboxylic acids is 2. The molecule has 0 saturated heterocycles. The second-order valence-electron chi connectivity index (χ2n) is 6.07. The number of aromatic nitrogens is 2. The second-order valence-corrected chi connectivity index (χ2v) is 6.07. The molecule has 0 aliphatic carbocycles. The van der Waals surface area contributed by atoms with E-state index in [9.17, 15) is 14.4 Å².